The van der Waals surface area contributed by atoms with Crippen molar-refractivity contribution < 1.29 is 0 Å². The predicted octanol–water partition coefficient (Wildman–Crippen LogP) is 11.8. The third-order valence-electron chi connectivity index (χ3n) is 8.19. The molecule has 0 saturated heterocycles. The average molecular weight is 656 g/mol. The summed E-state index contributed by atoms with van der Waals surface area (Å²) in [7, 11) is 0. The van der Waals surface area contributed by atoms with Gasteiger partial charge in [-0.25, -0.2) is 0 Å². The Morgan fingerprint density at radius 1 is 0.633 bits per heavy atom. The Morgan fingerprint density at radius 2 is 1.24 bits per heavy atom. The zero-order valence-corrected chi connectivity index (χ0v) is 28.8. The van der Waals surface area contributed by atoms with Gasteiger partial charge in [-0.1, -0.05) is 164 Å². The van der Waals surface area contributed by atoms with Crippen LogP contribution in [-0.2, 0) is 0 Å². The van der Waals surface area contributed by atoms with Crippen molar-refractivity contribution in [1.82, 2.24) is 0 Å². The molecule has 49 heavy (non-hydrogen) atoms. The molecule has 0 spiro atoms. The van der Waals surface area contributed by atoms with Gasteiger partial charge in [-0.2, -0.15) is 0 Å². The van der Waals surface area contributed by atoms with Crippen LogP contribution in [0.3, 0.4) is 0 Å². The zero-order chi connectivity index (χ0) is 34.6. The Bertz CT molecular complexity index is 2240. The van der Waals surface area contributed by atoms with Crippen LogP contribution in [0.5, 0.6) is 0 Å². The molecule has 0 radical (unpaired) electrons. The molecule has 242 valence electrons. The van der Waals surface area contributed by atoms with E-state index in [4.69, 9.17) is 5.41 Å². The molecule has 0 bridgehead atoms. The second kappa shape index (κ2) is 17.0. The fourth-order valence-corrected chi connectivity index (χ4v) is 6.92. The molecular weight excluding hydrogens is 615 g/mol. The van der Waals surface area contributed by atoms with Crippen molar-refractivity contribution in [3.05, 3.63) is 199 Å². The number of aryl methyl sites for hydroxylation is 1. The van der Waals surface area contributed by atoms with Crippen LogP contribution >= 0.6 is 11.3 Å². The van der Waals surface area contributed by atoms with Crippen molar-refractivity contribution in [2.24, 2.45) is 11.7 Å². The van der Waals surface area contributed by atoms with E-state index < -0.39 is 0 Å². The van der Waals surface area contributed by atoms with Crippen LogP contribution in [0.15, 0.2) is 176 Å². The quantitative estimate of drug-likeness (QED) is 0.0692. The molecule has 0 saturated carbocycles. The Balaban J connectivity index is 0.000000190. The summed E-state index contributed by atoms with van der Waals surface area (Å²) < 4.78 is 2.51. The van der Waals surface area contributed by atoms with E-state index in [0.29, 0.717) is 5.71 Å². The van der Waals surface area contributed by atoms with E-state index in [1.165, 1.54) is 53.6 Å². The summed E-state index contributed by atoms with van der Waals surface area (Å²) in [5.74, 6) is 8.00. The fourth-order valence-electron chi connectivity index (χ4n) is 5.78. The minimum Gasteiger partial charge on any atom is -0.300 e. The SMILES string of the molecule is C=C/C(=C\C=C/C)c1cccc(-c2cccc(C)c2)c1.N=C(c1ccc(-c2ccccc2)cc1)c1cccc2sc3ccccc3c12.NN. The monoisotopic (exact) mass is 655 g/mol. The Hall–Kier alpha value is -5.65. The van der Waals surface area contributed by atoms with Crippen LogP contribution in [0.25, 0.3) is 48.0 Å². The number of nitrogens with one attached hydrogen (secondary N) is 1. The van der Waals surface area contributed by atoms with Crippen LogP contribution in [0, 0.1) is 12.3 Å². The fraction of sp³-hybridized carbons (Fsp3) is 0.0444. The highest BCUT2D eigenvalue weighted by Crippen LogP contribution is 2.36. The van der Waals surface area contributed by atoms with E-state index in [1.54, 1.807) is 11.3 Å². The zero-order valence-electron chi connectivity index (χ0n) is 27.9. The van der Waals surface area contributed by atoms with Crippen LogP contribution in [0.1, 0.15) is 29.2 Å². The second-order valence-electron chi connectivity index (χ2n) is 11.4. The number of hydrogen-bond acceptors (Lipinski definition) is 4. The number of thiophene rings is 1. The second-order valence-corrected chi connectivity index (χ2v) is 12.5. The number of hydrazine groups is 1. The molecule has 3 nitrogen and oxygen atoms in total. The highest BCUT2D eigenvalue weighted by molar-refractivity contribution is 7.25. The van der Waals surface area contributed by atoms with E-state index in [2.05, 4.69) is 159 Å². The molecule has 0 atom stereocenters. The molecular formula is C45H41N3S. The van der Waals surface area contributed by atoms with Gasteiger partial charge >= 0.3 is 0 Å². The maximum absolute atomic E-state index is 8.85. The van der Waals surface area contributed by atoms with Gasteiger partial charge in [-0.05, 0) is 65.4 Å². The van der Waals surface area contributed by atoms with Crippen LogP contribution in [0.2, 0.25) is 0 Å². The van der Waals surface area contributed by atoms with Crippen LogP contribution in [-0.4, -0.2) is 5.71 Å². The third-order valence-corrected chi connectivity index (χ3v) is 9.32. The van der Waals surface area contributed by atoms with Gasteiger partial charge in [0.25, 0.3) is 0 Å². The van der Waals surface area contributed by atoms with Crippen molar-refractivity contribution in [2.45, 2.75) is 13.8 Å². The van der Waals surface area contributed by atoms with Gasteiger partial charge in [0.05, 0.1) is 5.71 Å². The molecule has 0 fully saturated rings. The number of nitrogens with two attached hydrogens (primary N) is 2. The number of allylic oxidation sites excluding steroid dienone is 5. The molecule has 1 heterocycles. The number of hydrogen-bond donors (Lipinski definition) is 3. The molecule has 4 heteroatoms. The molecule has 5 N–H and O–H groups in total. The smallest absolute Gasteiger partial charge is 0.0691 e. The van der Waals surface area contributed by atoms with E-state index in [-0.39, 0.29) is 0 Å². The van der Waals surface area contributed by atoms with Crippen molar-refractivity contribution in [1.29, 1.82) is 5.41 Å². The van der Waals surface area contributed by atoms with Gasteiger partial charge in [0.1, 0.15) is 0 Å². The van der Waals surface area contributed by atoms with Crippen molar-refractivity contribution >= 4 is 42.8 Å². The lowest BCUT2D eigenvalue weighted by atomic mass is 9.96. The topological polar surface area (TPSA) is 75.9 Å². The van der Waals surface area contributed by atoms with E-state index >= 15 is 0 Å². The Labute approximate surface area is 293 Å². The van der Waals surface area contributed by atoms with Gasteiger partial charge in [-0.15, -0.1) is 11.3 Å². The molecule has 6 aromatic carbocycles. The van der Waals surface area contributed by atoms with E-state index in [9.17, 15) is 0 Å². The maximum atomic E-state index is 8.85. The molecule has 7 rings (SSSR count). The van der Waals surface area contributed by atoms with E-state index in [0.717, 1.165) is 16.7 Å². The number of benzene rings is 6. The number of fused-ring (bicyclic) bond motifs is 3. The molecule has 0 aliphatic heterocycles. The molecule has 1 aromatic heterocycles. The first kappa shape index (κ1) is 34.7. The van der Waals surface area contributed by atoms with Gasteiger partial charge in [0.2, 0.25) is 0 Å². The summed E-state index contributed by atoms with van der Waals surface area (Å²) in [5, 5.41) is 11.3. The Kier molecular flexibility index (Phi) is 12.0. The number of rotatable bonds is 7. The summed E-state index contributed by atoms with van der Waals surface area (Å²) in [5.41, 5.74) is 11.0. The van der Waals surface area contributed by atoms with E-state index in [1.807, 2.05) is 43.4 Å². The van der Waals surface area contributed by atoms with Crippen molar-refractivity contribution in [2.75, 3.05) is 0 Å². The minimum atomic E-state index is 0.573. The van der Waals surface area contributed by atoms with Crippen LogP contribution in [0.4, 0.5) is 0 Å². The summed E-state index contributed by atoms with van der Waals surface area (Å²) in [6, 6.07) is 50.5. The molecule has 0 amide bonds. The van der Waals surface area contributed by atoms with Gasteiger partial charge in [0, 0.05) is 31.3 Å². The first-order chi connectivity index (χ1) is 24.1. The molecule has 0 aliphatic rings. The first-order valence-corrected chi connectivity index (χ1v) is 17.0. The highest BCUT2D eigenvalue weighted by Gasteiger charge is 2.13. The summed E-state index contributed by atoms with van der Waals surface area (Å²) in [6.45, 7) is 8.04. The summed E-state index contributed by atoms with van der Waals surface area (Å²) in [4.78, 5) is 0. The third kappa shape index (κ3) is 8.26. The minimum absolute atomic E-state index is 0.573. The summed E-state index contributed by atoms with van der Waals surface area (Å²) >= 11 is 1.79. The maximum Gasteiger partial charge on any atom is 0.0691 e. The largest absolute Gasteiger partial charge is 0.300 e. The van der Waals surface area contributed by atoms with Gasteiger partial charge in [-0.3, -0.25) is 17.1 Å². The highest BCUT2D eigenvalue weighted by atomic mass is 32.1. The normalized spacial score (nSPS) is 11.1. The first-order valence-electron chi connectivity index (χ1n) is 16.2. The molecule has 0 aliphatic carbocycles. The van der Waals surface area contributed by atoms with Crippen molar-refractivity contribution in [3.8, 4) is 22.3 Å². The lowest BCUT2D eigenvalue weighted by Crippen LogP contribution is -2.02. The van der Waals surface area contributed by atoms with Crippen LogP contribution < -0.4 is 11.7 Å². The lowest BCUT2D eigenvalue weighted by molar-refractivity contribution is 1.26. The van der Waals surface area contributed by atoms with Gasteiger partial charge < -0.3 is 0 Å². The lowest BCUT2D eigenvalue weighted by Gasteiger charge is -2.08. The standard InChI is InChI=1S/C25H17NS.C20H20.H4N2/c26-25(19-15-13-18(14-16-19)17-7-2-1-3-8-17)21-10-6-12-23-24(21)20-9-4-5-11-22(20)27-23;1-4-6-10-17(5-2)19-12-8-13-20(15-19)18-11-7-9-16(3)14-18;1-2/h1-16,26H;4-15H,2H2,1,3H3;1-2H2/b;6-4-,17-10+;. The summed E-state index contributed by atoms with van der Waals surface area (Å²) in [6.07, 6.45) is 8.04. The molecule has 7 aromatic rings. The molecule has 0 unspecified atom stereocenters. The Morgan fingerprint density at radius 3 is 1.96 bits per heavy atom. The van der Waals surface area contributed by atoms with Crippen molar-refractivity contribution in [3.63, 3.8) is 0 Å². The average Bonchev–Trinajstić information content (AvgIpc) is 3.56. The predicted molar refractivity (Wildman–Crippen MR) is 215 cm³/mol. The van der Waals surface area contributed by atoms with Gasteiger partial charge in [0.15, 0.2) is 0 Å².